The van der Waals surface area contributed by atoms with Crippen molar-refractivity contribution in [3.05, 3.63) is 0 Å². The fourth-order valence-corrected chi connectivity index (χ4v) is 0.771. The number of aliphatic hydroxyl groups excluding tert-OH is 1. The molecule has 4 nitrogen and oxygen atoms in total. The van der Waals surface area contributed by atoms with E-state index in [0.29, 0.717) is 19.5 Å². The highest BCUT2D eigenvalue weighted by Crippen LogP contribution is 2.12. The van der Waals surface area contributed by atoms with Gasteiger partial charge in [-0.1, -0.05) is 6.92 Å². The molecule has 78 valence electrons. The van der Waals surface area contributed by atoms with Gasteiger partial charge in [0.15, 0.2) is 0 Å². The predicted molar refractivity (Wildman–Crippen MR) is 50.6 cm³/mol. The molecule has 0 fully saturated rings. The minimum atomic E-state index is -0.828. The number of hydrogen-bond acceptors (Lipinski definition) is 3. The molecule has 0 amide bonds. The first kappa shape index (κ1) is 12.4. The molecular formula is C9H19NO3. The van der Waals surface area contributed by atoms with Crippen LogP contribution in [0.25, 0.3) is 0 Å². The molecule has 1 atom stereocenters. The topological polar surface area (TPSA) is 69.6 Å². The fraction of sp³-hybridized carbons (Fsp3) is 0.889. The van der Waals surface area contributed by atoms with E-state index in [2.05, 4.69) is 5.32 Å². The Morgan fingerprint density at radius 2 is 2.08 bits per heavy atom. The summed E-state index contributed by atoms with van der Waals surface area (Å²) >= 11 is 0. The third-order valence-corrected chi connectivity index (χ3v) is 2.00. The largest absolute Gasteiger partial charge is 0.481 e. The van der Waals surface area contributed by atoms with E-state index in [1.54, 1.807) is 13.8 Å². The standard InChI is InChI=1S/C9H19NO3/c1-4-7(11)5-10-6-9(2,3)8(12)13/h7,10-11H,4-6H2,1-3H3,(H,12,13). The first-order chi connectivity index (χ1) is 5.90. The summed E-state index contributed by atoms with van der Waals surface area (Å²) in [5, 5.41) is 20.9. The molecule has 0 saturated carbocycles. The Hall–Kier alpha value is -0.610. The first-order valence-corrected chi connectivity index (χ1v) is 4.52. The van der Waals surface area contributed by atoms with Crippen LogP contribution >= 0.6 is 0 Å². The lowest BCUT2D eigenvalue weighted by Crippen LogP contribution is -2.39. The summed E-state index contributed by atoms with van der Waals surface area (Å²) in [5.74, 6) is -0.828. The molecule has 0 aliphatic carbocycles. The predicted octanol–water partition coefficient (Wildman–Crippen LogP) is 0.458. The van der Waals surface area contributed by atoms with Crippen LogP contribution in [0.4, 0.5) is 0 Å². The molecule has 0 aromatic rings. The molecule has 0 heterocycles. The van der Waals surface area contributed by atoms with Crippen LogP contribution in [0.15, 0.2) is 0 Å². The Morgan fingerprint density at radius 3 is 2.46 bits per heavy atom. The van der Waals surface area contributed by atoms with Gasteiger partial charge in [-0.2, -0.15) is 0 Å². The number of hydrogen-bond donors (Lipinski definition) is 3. The normalized spacial score (nSPS) is 14.2. The van der Waals surface area contributed by atoms with Gasteiger partial charge in [0.05, 0.1) is 11.5 Å². The van der Waals surface area contributed by atoms with Gasteiger partial charge in [-0.25, -0.2) is 0 Å². The van der Waals surface area contributed by atoms with Gasteiger partial charge in [-0.05, 0) is 20.3 Å². The maximum absolute atomic E-state index is 10.7. The Labute approximate surface area is 79.0 Å². The van der Waals surface area contributed by atoms with Gasteiger partial charge in [0, 0.05) is 13.1 Å². The molecule has 0 spiro atoms. The van der Waals surface area contributed by atoms with Crippen LogP contribution in [0, 0.1) is 5.41 Å². The second kappa shape index (κ2) is 5.19. The molecule has 0 bridgehead atoms. The van der Waals surface area contributed by atoms with Crippen LogP contribution < -0.4 is 5.32 Å². The van der Waals surface area contributed by atoms with Crippen LogP contribution in [0.5, 0.6) is 0 Å². The summed E-state index contributed by atoms with van der Waals surface area (Å²) in [6.07, 6.45) is 0.296. The van der Waals surface area contributed by atoms with Crippen molar-refractivity contribution in [2.45, 2.75) is 33.3 Å². The summed E-state index contributed by atoms with van der Waals surface area (Å²) in [6, 6.07) is 0. The van der Waals surface area contributed by atoms with Crippen molar-refractivity contribution in [3.8, 4) is 0 Å². The molecule has 0 rings (SSSR count). The van der Waals surface area contributed by atoms with Crippen molar-refractivity contribution < 1.29 is 15.0 Å². The number of carbonyl (C=O) groups is 1. The maximum Gasteiger partial charge on any atom is 0.310 e. The van der Waals surface area contributed by atoms with E-state index in [0.717, 1.165) is 0 Å². The fourth-order valence-electron chi connectivity index (χ4n) is 0.771. The van der Waals surface area contributed by atoms with Crippen molar-refractivity contribution in [1.29, 1.82) is 0 Å². The van der Waals surface area contributed by atoms with Crippen molar-refractivity contribution >= 4 is 5.97 Å². The van der Waals surface area contributed by atoms with E-state index in [-0.39, 0.29) is 6.10 Å². The summed E-state index contributed by atoms with van der Waals surface area (Å²) < 4.78 is 0. The minimum Gasteiger partial charge on any atom is -0.481 e. The second-order valence-corrected chi connectivity index (χ2v) is 3.88. The molecule has 0 aliphatic rings. The van der Waals surface area contributed by atoms with Gasteiger partial charge in [0.25, 0.3) is 0 Å². The SMILES string of the molecule is CCC(O)CNCC(C)(C)C(=O)O. The number of aliphatic hydroxyl groups is 1. The zero-order chi connectivity index (χ0) is 10.5. The van der Waals surface area contributed by atoms with Crippen LogP contribution in [-0.2, 0) is 4.79 Å². The summed E-state index contributed by atoms with van der Waals surface area (Å²) in [4.78, 5) is 10.7. The highest BCUT2D eigenvalue weighted by molar-refractivity contribution is 5.73. The number of carboxylic acids is 1. The van der Waals surface area contributed by atoms with Crippen LogP contribution in [-0.4, -0.2) is 35.4 Å². The zero-order valence-electron chi connectivity index (χ0n) is 8.50. The van der Waals surface area contributed by atoms with Crippen LogP contribution in [0.3, 0.4) is 0 Å². The quantitative estimate of drug-likeness (QED) is 0.567. The molecule has 13 heavy (non-hydrogen) atoms. The van der Waals surface area contributed by atoms with E-state index in [1.807, 2.05) is 6.92 Å². The van der Waals surface area contributed by atoms with Gasteiger partial charge < -0.3 is 15.5 Å². The van der Waals surface area contributed by atoms with E-state index in [9.17, 15) is 9.90 Å². The summed E-state index contributed by atoms with van der Waals surface area (Å²) in [5.41, 5.74) is -0.770. The van der Waals surface area contributed by atoms with Crippen molar-refractivity contribution in [2.24, 2.45) is 5.41 Å². The van der Waals surface area contributed by atoms with Gasteiger partial charge in [0.2, 0.25) is 0 Å². The number of rotatable bonds is 6. The van der Waals surface area contributed by atoms with Crippen molar-refractivity contribution in [1.82, 2.24) is 5.32 Å². The Bertz CT molecular complexity index is 168. The Morgan fingerprint density at radius 1 is 1.54 bits per heavy atom. The molecule has 0 aromatic carbocycles. The third kappa shape index (κ3) is 4.85. The molecule has 3 N–H and O–H groups in total. The maximum atomic E-state index is 10.7. The molecule has 0 saturated heterocycles. The highest BCUT2D eigenvalue weighted by atomic mass is 16.4. The second-order valence-electron chi connectivity index (χ2n) is 3.88. The number of aliphatic carboxylic acids is 1. The monoisotopic (exact) mass is 189 g/mol. The average Bonchev–Trinajstić information content (AvgIpc) is 2.03. The molecule has 0 aliphatic heterocycles. The summed E-state index contributed by atoms with van der Waals surface area (Å²) in [7, 11) is 0. The molecule has 4 heteroatoms. The van der Waals surface area contributed by atoms with E-state index < -0.39 is 11.4 Å². The first-order valence-electron chi connectivity index (χ1n) is 4.52. The molecule has 0 radical (unpaired) electrons. The van der Waals surface area contributed by atoms with Gasteiger partial charge in [-0.15, -0.1) is 0 Å². The van der Waals surface area contributed by atoms with Gasteiger partial charge in [-0.3, -0.25) is 4.79 Å². The van der Waals surface area contributed by atoms with E-state index in [4.69, 9.17) is 5.11 Å². The van der Waals surface area contributed by atoms with Gasteiger partial charge >= 0.3 is 5.97 Å². The van der Waals surface area contributed by atoms with Crippen LogP contribution in [0.1, 0.15) is 27.2 Å². The summed E-state index contributed by atoms with van der Waals surface area (Å²) in [6.45, 7) is 6.02. The third-order valence-electron chi connectivity index (χ3n) is 2.00. The number of carboxylic acid groups (broad SMARTS) is 1. The van der Waals surface area contributed by atoms with Crippen molar-refractivity contribution in [2.75, 3.05) is 13.1 Å². The van der Waals surface area contributed by atoms with Crippen molar-refractivity contribution in [3.63, 3.8) is 0 Å². The molecular weight excluding hydrogens is 170 g/mol. The smallest absolute Gasteiger partial charge is 0.310 e. The lowest BCUT2D eigenvalue weighted by molar-refractivity contribution is -0.146. The Balaban J connectivity index is 3.70. The average molecular weight is 189 g/mol. The lowest BCUT2D eigenvalue weighted by atomic mass is 9.94. The minimum absolute atomic E-state index is 0.374. The zero-order valence-corrected chi connectivity index (χ0v) is 8.50. The van der Waals surface area contributed by atoms with Crippen LogP contribution in [0.2, 0.25) is 0 Å². The number of nitrogens with one attached hydrogen (secondary N) is 1. The van der Waals surface area contributed by atoms with Gasteiger partial charge in [0.1, 0.15) is 0 Å². The lowest BCUT2D eigenvalue weighted by Gasteiger charge is -2.20. The van der Waals surface area contributed by atoms with E-state index >= 15 is 0 Å². The molecule has 0 aromatic heterocycles. The Kier molecular flexibility index (Phi) is 4.95. The molecule has 1 unspecified atom stereocenters. The highest BCUT2D eigenvalue weighted by Gasteiger charge is 2.26. The van der Waals surface area contributed by atoms with E-state index in [1.165, 1.54) is 0 Å².